The fourth-order valence-electron chi connectivity index (χ4n) is 1.82. The summed E-state index contributed by atoms with van der Waals surface area (Å²) in [5.41, 5.74) is -0.671. The number of nitrogens with zero attached hydrogens (tertiary/aromatic N) is 1. The number of nitriles is 1. The van der Waals surface area contributed by atoms with Crippen LogP contribution in [0.3, 0.4) is 0 Å². The van der Waals surface area contributed by atoms with Gasteiger partial charge in [0.15, 0.2) is 5.79 Å². The zero-order valence-electron chi connectivity index (χ0n) is 10.8. The molecule has 1 heterocycles. The summed E-state index contributed by atoms with van der Waals surface area (Å²) in [6.07, 6.45) is -2.38. The third-order valence-corrected chi connectivity index (χ3v) is 2.83. The Hall–Kier alpha value is -0.670. The molecule has 2 N–H and O–H groups in total. The van der Waals surface area contributed by atoms with Crippen LogP contribution in [0.4, 0.5) is 0 Å². The van der Waals surface area contributed by atoms with E-state index in [1.165, 1.54) is 0 Å². The summed E-state index contributed by atoms with van der Waals surface area (Å²) in [7, 11) is 0. The fourth-order valence-corrected chi connectivity index (χ4v) is 1.82. The maximum Gasteiger partial charge on any atom is 0.163 e. The predicted molar refractivity (Wildman–Crippen MR) is 60.9 cm³/mol. The lowest BCUT2D eigenvalue weighted by Crippen LogP contribution is -2.41. The van der Waals surface area contributed by atoms with Crippen LogP contribution in [0.5, 0.6) is 0 Å². The first-order valence-electron chi connectivity index (χ1n) is 5.76. The zero-order chi connectivity index (χ0) is 13.3. The van der Waals surface area contributed by atoms with E-state index in [4.69, 9.17) is 14.7 Å². The van der Waals surface area contributed by atoms with Gasteiger partial charge in [-0.25, -0.2) is 0 Å². The monoisotopic (exact) mass is 243 g/mol. The molecule has 17 heavy (non-hydrogen) atoms. The number of ether oxygens (including phenoxy) is 2. The minimum absolute atomic E-state index is 0.199. The zero-order valence-corrected chi connectivity index (χ0v) is 10.8. The molecule has 0 aromatic rings. The molecule has 0 spiro atoms. The Morgan fingerprint density at radius 1 is 1.47 bits per heavy atom. The van der Waals surface area contributed by atoms with Crippen LogP contribution in [0.1, 0.15) is 34.1 Å². The lowest BCUT2D eigenvalue weighted by molar-refractivity contribution is -0.161. The molecule has 1 saturated heterocycles. The smallest absolute Gasteiger partial charge is 0.163 e. The van der Waals surface area contributed by atoms with E-state index >= 15 is 0 Å². The Morgan fingerprint density at radius 3 is 2.47 bits per heavy atom. The summed E-state index contributed by atoms with van der Waals surface area (Å²) in [6.45, 7) is 7.20. The topological polar surface area (TPSA) is 82.7 Å². The van der Waals surface area contributed by atoms with Crippen LogP contribution in [0.2, 0.25) is 0 Å². The molecule has 0 saturated carbocycles. The van der Waals surface area contributed by atoms with Crippen molar-refractivity contribution in [2.45, 2.75) is 58.2 Å². The van der Waals surface area contributed by atoms with Crippen molar-refractivity contribution in [2.24, 2.45) is 5.41 Å². The van der Waals surface area contributed by atoms with Crippen molar-refractivity contribution in [2.75, 3.05) is 6.61 Å². The van der Waals surface area contributed by atoms with E-state index in [-0.39, 0.29) is 13.0 Å². The predicted octanol–water partition coefficient (Wildman–Crippen LogP) is 0.800. The Morgan fingerprint density at radius 2 is 2.06 bits per heavy atom. The fraction of sp³-hybridized carbons (Fsp3) is 0.917. The average molecular weight is 243 g/mol. The van der Waals surface area contributed by atoms with E-state index in [1.807, 2.05) is 0 Å². The molecule has 0 aromatic carbocycles. The van der Waals surface area contributed by atoms with Crippen molar-refractivity contribution in [1.82, 2.24) is 0 Å². The highest BCUT2D eigenvalue weighted by atomic mass is 16.7. The minimum Gasteiger partial charge on any atom is -0.390 e. The van der Waals surface area contributed by atoms with E-state index in [2.05, 4.69) is 6.07 Å². The standard InChI is InChI=1S/C12H21NO4/c1-11(2,7-13)5-8(14)10(15)9-6-16-12(3,4)17-9/h8-10,14-15H,5-6H2,1-4H3/t8-,9+,10-/m0/s1. The van der Waals surface area contributed by atoms with Crippen molar-refractivity contribution < 1.29 is 19.7 Å². The second-order valence-corrected chi connectivity index (χ2v) is 5.62. The molecule has 1 fully saturated rings. The van der Waals surface area contributed by atoms with Gasteiger partial charge in [-0.2, -0.15) is 5.26 Å². The highest BCUT2D eigenvalue weighted by molar-refractivity contribution is 4.95. The van der Waals surface area contributed by atoms with Crippen LogP contribution in [-0.2, 0) is 9.47 Å². The molecular formula is C12H21NO4. The molecule has 5 heteroatoms. The normalized spacial score (nSPS) is 27.5. The van der Waals surface area contributed by atoms with Crippen LogP contribution in [0.25, 0.3) is 0 Å². The maximum absolute atomic E-state index is 9.94. The van der Waals surface area contributed by atoms with Gasteiger partial charge in [0.25, 0.3) is 0 Å². The maximum atomic E-state index is 9.94. The van der Waals surface area contributed by atoms with Gasteiger partial charge >= 0.3 is 0 Å². The summed E-state index contributed by atoms with van der Waals surface area (Å²) < 4.78 is 10.8. The second kappa shape index (κ2) is 4.91. The first-order valence-corrected chi connectivity index (χ1v) is 5.76. The van der Waals surface area contributed by atoms with E-state index in [9.17, 15) is 10.2 Å². The third kappa shape index (κ3) is 3.93. The number of rotatable bonds is 4. The summed E-state index contributed by atoms with van der Waals surface area (Å²) in [5.74, 6) is -0.726. The van der Waals surface area contributed by atoms with E-state index in [1.54, 1.807) is 27.7 Å². The highest BCUT2D eigenvalue weighted by Crippen LogP contribution is 2.28. The first kappa shape index (κ1) is 14.4. The van der Waals surface area contributed by atoms with Gasteiger partial charge in [-0.15, -0.1) is 0 Å². The molecule has 0 aliphatic carbocycles. The molecule has 1 aliphatic heterocycles. The van der Waals surface area contributed by atoms with Crippen molar-refractivity contribution in [1.29, 1.82) is 5.26 Å². The van der Waals surface area contributed by atoms with Gasteiger partial charge in [0.2, 0.25) is 0 Å². The molecule has 1 aliphatic rings. The first-order chi connectivity index (χ1) is 7.67. The Balaban J connectivity index is 2.54. The van der Waals surface area contributed by atoms with Crippen molar-refractivity contribution in [3.63, 3.8) is 0 Å². The highest BCUT2D eigenvalue weighted by Gasteiger charge is 2.40. The molecule has 0 unspecified atom stereocenters. The van der Waals surface area contributed by atoms with Gasteiger partial charge in [0.05, 0.1) is 24.2 Å². The molecule has 5 nitrogen and oxygen atoms in total. The summed E-state index contributed by atoms with van der Waals surface area (Å²) in [6, 6.07) is 2.09. The van der Waals surface area contributed by atoms with Crippen molar-refractivity contribution in [3.8, 4) is 6.07 Å². The molecule has 1 rings (SSSR count). The Bertz CT molecular complexity index is 308. The lowest BCUT2D eigenvalue weighted by Gasteiger charge is -2.27. The number of aliphatic hydroxyl groups is 2. The second-order valence-electron chi connectivity index (χ2n) is 5.62. The Labute approximate surface area is 102 Å². The molecule has 0 bridgehead atoms. The van der Waals surface area contributed by atoms with Crippen LogP contribution >= 0.6 is 0 Å². The number of hydrogen-bond acceptors (Lipinski definition) is 5. The SMILES string of the molecule is CC(C)(C#N)C[C@H](O)[C@H](O)[C@H]1COC(C)(C)O1. The molecule has 0 amide bonds. The molecule has 0 aromatic heterocycles. The average Bonchev–Trinajstić information content (AvgIpc) is 2.57. The Kier molecular flexibility index (Phi) is 4.15. The summed E-state index contributed by atoms with van der Waals surface area (Å²) >= 11 is 0. The molecule has 0 radical (unpaired) electrons. The van der Waals surface area contributed by atoms with Gasteiger partial charge < -0.3 is 19.7 Å². The van der Waals surface area contributed by atoms with Gasteiger partial charge in [0.1, 0.15) is 12.2 Å². The number of aliphatic hydroxyl groups excluding tert-OH is 2. The molecule has 3 atom stereocenters. The third-order valence-electron chi connectivity index (χ3n) is 2.83. The van der Waals surface area contributed by atoms with E-state index in [0.29, 0.717) is 0 Å². The van der Waals surface area contributed by atoms with Crippen LogP contribution in [-0.4, -0.2) is 40.9 Å². The van der Waals surface area contributed by atoms with E-state index in [0.717, 1.165) is 0 Å². The van der Waals surface area contributed by atoms with Crippen LogP contribution < -0.4 is 0 Å². The van der Waals surface area contributed by atoms with Gasteiger partial charge in [0, 0.05) is 0 Å². The quantitative estimate of drug-likeness (QED) is 0.763. The summed E-state index contributed by atoms with van der Waals surface area (Å²) in [4.78, 5) is 0. The molecule has 98 valence electrons. The van der Waals surface area contributed by atoms with Crippen LogP contribution in [0, 0.1) is 16.7 Å². The van der Waals surface area contributed by atoms with Gasteiger partial charge in [-0.05, 0) is 34.1 Å². The van der Waals surface area contributed by atoms with Crippen molar-refractivity contribution >= 4 is 0 Å². The van der Waals surface area contributed by atoms with E-state index < -0.39 is 29.5 Å². The summed E-state index contributed by atoms with van der Waals surface area (Å²) in [5, 5.41) is 28.7. The van der Waals surface area contributed by atoms with Gasteiger partial charge in [-0.1, -0.05) is 0 Å². The van der Waals surface area contributed by atoms with Crippen molar-refractivity contribution in [3.05, 3.63) is 0 Å². The lowest BCUT2D eigenvalue weighted by atomic mass is 9.86. The van der Waals surface area contributed by atoms with Gasteiger partial charge in [-0.3, -0.25) is 0 Å². The minimum atomic E-state index is -1.04. The molecular weight excluding hydrogens is 222 g/mol. The van der Waals surface area contributed by atoms with Crippen LogP contribution in [0.15, 0.2) is 0 Å². The number of hydrogen-bond donors (Lipinski definition) is 2. The largest absolute Gasteiger partial charge is 0.390 e.